The molecular formula is C26H24N4O5. The summed E-state index contributed by atoms with van der Waals surface area (Å²) in [5.41, 5.74) is 3.28. The number of carbonyl (C=O) groups excluding carboxylic acids is 1. The number of carbonyl (C=O) groups is 1. The van der Waals surface area contributed by atoms with Crippen molar-refractivity contribution in [3.8, 4) is 17.2 Å². The normalized spacial score (nSPS) is 10.6. The molecule has 0 saturated carbocycles. The number of rotatable bonds is 8. The Morgan fingerprint density at radius 3 is 2.54 bits per heavy atom. The zero-order chi connectivity index (χ0) is 24.9. The zero-order valence-corrected chi connectivity index (χ0v) is 19.5. The first-order valence-corrected chi connectivity index (χ1v) is 10.9. The van der Waals surface area contributed by atoms with Gasteiger partial charge in [0, 0.05) is 18.3 Å². The van der Waals surface area contributed by atoms with E-state index in [9.17, 15) is 14.9 Å². The number of hydrogen-bond acceptors (Lipinski definition) is 6. The maximum atomic E-state index is 12.8. The number of aromatic nitrogens is 2. The number of nitrogens with one attached hydrogen (secondary N) is 1. The van der Waals surface area contributed by atoms with Gasteiger partial charge < -0.3 is 14.8 Å². The molecule has 0 fully saturated rings. The molecule has 1 amide bonds. The summed E-state index contributed by atoms with van der Waals surface area (Å²) in [4.78, 5) is 23.6. The van der Waals surface area contributed by atoms with Gasteiger partial charge >= 0.3 is 0 Å². The number of nitro groups is 1. The van der Waals surface area contributed by atoms with E-state index in [1.807, 2.05) is 57.2 Å². The second-order valence-corrected chi connectivity index (χ2v) is 8.13. The molecule has 4 rings (SSSR count). The van der Waals surface area contributed by atoms with Crippen molar-refractivity contribution in [3.05, 3.63) is 105 Å². The molecule has 0 bridgehead atoms. The van der Waals surface area contributed by atoms with Crippen molar-refractivity contribution in [1.29, 1.82) is 0 Å². The van der Waals surface area contributed by atoms with Gasteiger partial charge in [0.2, 0.25) is 0 Å². The lowest BCUT2D eigenvalue weighted by atomic mass is 10.1. The average molecular weight is 473 g/mol. The molecule has 0 atom stereocenters. The summed E-state index contributed by atoms with van der Waals surface area (Å²) in [5.74, 6) is 0.977. The molecule has 1 heterocycles. The van der Waals surface area contributed by atoms with Gasteiger partial charge in [-0.3, -0.25) is 14.9 Å². The Bertz CT molecular complexity index is 1400. The molecule has 0 spiro atoms. The molecule has 0 unspecified atom stereocenters. The fourth-order valence-corrected chi connectivity index (χ4v) is 3.48. The quantitative estimate of drug-likeness (QED) is 0.257. The smallest absolute Gasteiger partial charge is 0.276 e. The summed E-state index contributed by atoms with van der Waals surface area (Å²) in [6.07, 6.45) is 1.62. The van der Waals surface area contributed by atoms with E-state index >= 15 is 0 Å². The minimum Gasteiger partial charge on any atom is -0.471 e. The van der Waals surface area contributed by atoms with Crippen LogP contribution in [0.1, 0.15) is 27.2 Å². The van der Waals surface area contributed by atoms with Crippen LogP contribution in [-0.4, -0.2) is 20.6 Å². The van der Waals surface area contributed by atoms with Gasteiger partial charge in [-0.25, -0.2) is 4.68 Å². The Labute approximate surface area is 202 Å². The van der Waals surface area contributed by atoms with Crippen molar-refractivity contribution in [2.45, 2.75) is 27.5 Å². The molecule has 35 heavy (non-hydrogen) atoms. The summed E-state index contributed by atoms with van der Waals surface area (Å²) >= 11 is 0. The van der Waals surface area contributed by atoms with Crippen LogP contribution < -0.4 is 14.8 Å². The lowest BCUT2D eigenvalue weighted by Crippen LogP contribution is -2.14. The first kappa shape index (κ1) is 23.5. The number of aryl methyl sites for hydroxylation is 3. The van der Waals surface area contributed by atoms with Crippen molar-refractivity contribution in [2.24, 2.45) is 0 Å². The number of non-ortho nitro benzene ring substituents is 1. The summed E-state index contributed by atoms with van der Waals surface area (Å²) in [7, 11) is 0. The molecular weight excluding hydrogens is 448 g/mol. The van der Waals surface area contributed by atoms with Crippen LogP contribution in [0.3, 0.4) is 0 Å². The monoisotopic (exact) mass is 472 g/mol. The largest absolute Gasteiger partial charge is 0.471 e. The molecule has 4 aromatic rings. The average Bonchev–Trinajstić information content (AvgIpc) is 3.27. The van der Waals surface area contributed by atoms with E-state index in [1.165, 1.54) is 22.9 Å². The number of nitrogens with zero attached hydrogens (tertiary/aromatic N) is 3. The van der Waals surface area contributed by atoms with Crippen LogP contribution in [0.25, 0.3) is 0 Å². The first-order chi connectivity index (χ1) is 16.8. The number of benzene rings is 3. The number of hydrogen-bond donors (Lipinski definition) is 1. The Morgan fingerprint density at radius 2 is 1.80 bits per heavy atom. The summed E-state index contributed by atoms with van der Waals surface area (Å²) in [6.45, 7) is 6.01. The summed E-state index contributed by atoms with van der Waals surface area (Å²) in [6, 6.07) is 18.8. The van der Waals surface area contributed by atoms with Crippen LogP contribution in [0.2, 0.25) is 0 Å². The van der Waals surface area contributed by atoms with Crippen LogP contribution in [-0.2, 0) is 6.73 Å². The highest BCUT2D eigenvalue weighted by Crippen LogP contribution is 2.30. The van der Waals surface area contributed by atoms with E-state index in [1.54, 1.807) is 18.3 Å². The first-order valence-electron chi connectivity index (χ1n) is 10.9. The van der Waals surface area contributed by atoms with E-state index in [-0.39, 0.29) is 29.5 Å². The molecule has 1 N–H and O–H groups in total. The number of nitro benzene ring substituents is 1. The highest BCUT2D eigenvalue weighted by Gasteiger charge is 2.16. The van der Waals surface area contributed by atoms with Gasteiger partial charge in [-0.2, -0.15) is 5.10 Å². The van der Waals surface area contributed by atoms with Gasteiger partial charge in [-0.05, 0) is 56.2 Å². The highest BCUT2D eigenvalue weighted by molar-refractivity contribution is 6.03. The predicted octanol–water partition coefficient (Wildman–Crippen LogP) is 5.80. The zero-order valence-electron chi connectivity index (χ0n) is 19.5. The Kier molecular flexibility index (Phi) is 6.77. The molecule has 1 aromatic heterocycles. The van der Waals surface area contributed by atoms with E-state index in [2.05, 4.69) is 10.4 Å². The molecule has 9 heteroatoms. The van der Waals surface area contributed by atoms with E-state index in [4.69, 9.17) is 9.47 Å². The van der Waals surface area contributed by atoms with Gasteiger partial charge in [-0.15, -0.1) is 0 Å². The second kappa shape index (κ2) is 10.1. The minimum atomic E-state index is -0.544. The second-order valence-electron chi connectivity index (χ2n) is 8.13. The van der Waals surface area contributed by atoms with Crippen LogP contribution in [0.15, 0.2) is 72.9 Å². The molecule has 178 valence electrons. The SMILES string of the molecule is Cc1cccc(Oc2cc(NC(=O)c3ccn(COc4ccc(C)cc4C)n3)cc([N+](=O)[O-])c2)c1. The van der Waals surface area contributed by atoms with Crippen molar-refractivity contribution >= 4 is 17.3 Å². The fourth-order valence-electron chi connectivity index (χ4n) is 3.48. The highest BCUT2D eigenvalue weighted by atomic mass is 16.6. The topological polar surface area (TPSA) is 109 Å². The van der Waals surface area contributed by atoms with E-state index in [0.717, 1.165) is 22.4 Å². The number of ether oxygens (including phenoxy) is 2. The van der Waals surface area contributed by atoms with Crippen LogP contribution in [0.5, 0.6) is 17.2 Å². The standard InChI is InChI=1S/C26H24N4O5/c1-17-5-4-6-22(12-17)35-23-14-20(13-21(15-23)30(32)33)27-26(31)24-9-10-29(28-24)16-34-25-8-7-18(2)11-19(25)3/h4-15H,16H2,1-3H3,(H,27,31). The third kappa shape index (κ3) is 6.02. The molecule has 0 aliphatic heterocycles. The van der Waals surface area contributed by atoms with E-state index in [0.29, 0.717) is 5.75 Å². The Balaban J connectivity index is 1.46. The lowest BCUT2D eigenvalue weighted by Gasteiger charge is -2.10. The van der Waals surface area contributed by atoms with E-state index < -0.39 is 10.8 Å². The van der Waals surface area contributed by atoms with Crippen molar-refractivity contribution in [1.82, 2.24) is 9.78 Å². The number of anilines is 1. The van der Waals surface area contributed by atoms with Gasteiger partial charge in [-0.1, -0.05) is 29.8 Å². The van der Waals surface area contributed by atoms with Gasteiger partial charge in [0.15, 0.2) is 12.4 Å². The summed E-state index contributed by atoms with van der Waals surface area (Å²) < 4.78 is 13.1. The molecule has 9 nitrogen and oxygen atoms in total. The van der Waals surface area contributed by atoms with Crippen molar-refractivity contribution < 1.29 is 19.2 Å². The van der Waals surface area contributed by atoms with Crippen LogP contribution >= 0.6 is 0 Å². The van der Waals surface area contributed by atoms with Crippen molar-refractivity contribution in [3.63, 3.8) is 0 Å². The molecule has 0 radical (unpaired) electrons. The molecule has 0 aliphatic rings. The van der Waals surface area contributed by atoms with Crippen LogP contribution in [0, 0.1) is 30.9 Å². The molecule has 0 aliphatic carbocycles. The molecule has 3 aromatic carbocycles. The summed E-state index contributed by atoms with van der Waals surface area (Å²) in [5, 5.41) is 18.3. The van der Waals surface area contributed by atoms with Crippen molar-refractivity contribution in [2.75, 3.05) is 5.32 Å². The maximum absolute atomic E-state index is 12.8. The van der Waals surface area contributed by atoms with Gasteiger partial charge in [0.25, 0.3) is 11.6 Å². The fraction of sp³-hybridized carbons (Fsp3) is 0.154. The minimum absolute atomic E-state index is 0.127. The van der Waals surface area contributed by atoms with Crippen LogP contribution in [0.4, 0.5) is 11.4 Å². The third-order valence-corrected chi connectivity index (χ3v) is 5.14. The number of amides is 1. The van der Waals surface area contributed by atoms with Gasteiger partial charge in [0.05, 0.1) is 16.7 Å². The third-order valence-electron chi connectivity index (χ3n) is 5.14. The van der Waals surface area contributed by atoms with Gasteiger partial charge in [0.1, 0.15) is 17.2 Å². The molecule has 0 saturated heterocycles. The Morgan fingerprint density at radius 1 is 1.00 bits per heavy atom. The lowest BCUT2D eigenvalue weighted by molar-refractivity contribution is -0.384. The predicted molar refractivity (Wildman–Crippen MR) is 131 cm³/mol. The Hall–Kier alpha value is -4.66. The maximum Gasteiger partial charge on any atom is 0.276 e.